The van der Waals surface area contributed by atoms with E-state index in [1.165, 1.54) is 12.8 Å². The highest BCUT2D eigenvalue weighted by molar-refractivity contribution is 5.79. The highest BCUT2D eigenvalue weighted by Crippen LogP contribution is 2.40. The number of rotatable bonds is 4. The minimum absolute atomic E-state index is 0.102. The van der Waals surface area contributed by atoms with Gasteiger partial charge in [-0.05, 0) is 43.6 Å². The molecule has 0 bridgehead atoms. The van der Waals surface area contributed by atoms with Crippen LogP contribution in [0.4, 0.5) is 0 Å². The van der Waals surface area contributed by atoms with Crippen LogP contribution in [-0.4, -0.2) is 27.3 Å². The summed E-state index contributed by atoms with van der Waals surface area (Å²) in [7, 11) is 0. The molecule has 2 unspecified atom stereocenters. The molecule has 1 aliphatic heterocycles. The Morgan fingerprint density at radius 1 is 1.21 bits per heavy atom. The fraction of sp³-hybridized carbons (Fsp3) is 0.500. The predicted molar refractivity (Wildman–Crippen MR) is 94.2 cm³/mol. The number of nitrogens with one attached hydrogen (secondary N) is 1. The van der Waals surface area contributed by atoms with Gasteiger partial charge in [-0.25, -0.2) is 4.98 Å². The van der Waals surface area contributed by atoms with Crippen LogP contribution in [0.25, 0.3) is 11.3 Å². The smallest absolute Gasteiger partial charge is 0.226 e. The first kappa shape index (κ1) is 15.4. The first-order chi connectivity index (χ1) is 11.7. The van der Waals surface area contributed by atoms with Crippen molar-refractivity contribution in [2.75, 3.05) is 6.54 Å². The van der Waals surface area contributed by atoms with Gasteiger partial charge in [0.2, 0.25) is 5.91 Å². The molecule has 2 atom stereocenters. The number of amides is 1. The van der Waals surface area contributed by atoms with Crippen LogP contribution in [0.15, 0.2) is 36.5 Å². The molecule has 0 spiro atoms. The summed E-state index contributed by atoms with van der Waals surface area (Å²) in [5.74, 6) is 2.02. The lowest BCUT2D eigenvalue weighted by molar-refractivity contribution is -0.139. The molecule has 2 aromatic rings. The summed E-state index contributed by atoms with van der Waals surface area (Å²) in [5.41, 5.74) is 2.16. The van der Waals surface area contributed by atoms with Crippen LogP contribution in [0, 0.1) is 11.8 Å². The minimum Gasteiger partial charge on any atom is -0.340 e. The van der Waals surface area contributed by atoms with Gasteiger partial charge >= 0.3 is 0 Å². The van der Waals surface area contributed by atoms with Gasteiger partial charge in [-0.15, -0.1) is 0 Å². The van der Waals surface area contributed by atoms with Gasteiger partial charge in [0.1, 0.15) is 5.82 Å². The summed E-state index contributed by atoms with van der Waals surface area (Å²) >= 11 is 0. The fourth-order valence-corrected chi connectivity index (χ4v) is 3.81. The molecule has 126 valence electrons. The molecule has 4 nitrogen and oxygen atoms in total. The fourth-order valence-electron chi connectivity index (χ4n) is 3.81. The van der Waals surface area contributed by atoms with E-state index in [4.69, 9.17) is 0 Å². The Balaban J connectivity index is 1.57. The molecule has 4 heteroatoms. The molecule has 1 saturated carbocycles. The van der Waals surface area contributed by atoms with Gasteiger partial charge in [0.25, 0.3) is 0 Å². The molecular weight excluding hydrogens is 298 g/mol. The van der Waals surface area contributed by atoms with E-state index in [0.29, 0.717) is 11.8 Å². The molecule has 2 aliphatic rings. The molecule has 24 heavy (non-hydrogen) atoms. The van der Waals surface area contributed by atoms with E-state index in [2.05, 4.69) is 33.9 Å². The molecule has 1 aliphatic carbocycles. The third kappa shape index (κ3) is 2.97. The van der Waals surface area contributed by atoms with Crippen molar-refractivity contribution < 1.29 is 4.79 Å². The SMILES string of the molecule is CC(C(=O)N1CCCCC1c1ncc(-c2ccccc2)[nH]1)C1CC1. The molecular formula is C20H25N3O. The van der Waals surface area contributed by atoms with E-state index in [-0.39, 0.29) is 12.0 Å². The summed E-state index contributed by atoms with van der Waals surface area (Å²) in [4.78, 5) is 23.1. The van der Waals surface area contributed by atoms with Crippen molar-refractivity contribution in [3.05, 3.63) is 42.4 Å². The van der Waals surface area contributed by atoms with Crippen LogP contribution in [0.5, 0.6) is 0 Å². The topological polar surface area (TPSA) is 49.0 Å². The van der Waals surface area contributed by atoms with Crippen LogP contribution in [0.3, 0.4) is 0 Å². The number of carbonyl (C=O) groups excluding carboxylic acids is 1. The Bertz CT molecular complexity index is 705. The number of nitrogens with zero attached hydrogens (tertiary/aromatic N) is 2. The Morgan fingerprint density at radius 3 is 2.75 bits per heavy atom. The lowest BCUT2D eigenvalue weighted by atomic mass is 9.97. The summed E-state index contributed by atoms with van der Waals surface area (Å²) in [6.45, 7) is 2.96. The zero-order valence-electron chi connectivity index (χ0n) is 14.2. The highest BCUT2D eigenvalue weighted by atomic mass is 16.2. The molecule has 1 N–H and O–H groups in total. The first-order valence-corrected chi connectivity index (χ1v) is 9.15. The van der Waals surface area contributed by atoms with Crippen molar-refractivity contribution >= 4 is 5.91 Å². The van der Waals surface area contributed by atoms with E-state index in [9.17, 15) is 4.79 Å². The second-order valence-electron chi connectivity index (χ2n) is 7.22. The Kier molecular flexibility index (Phi) is 4.13. The average Bonchev–Trinajstić information content (AvgIpc) is 3.38. The molecule has 2 heterocycles. The number of hydrogen-bond acceptors (Lipinski definition) is 2. The molecule has 4 rings (SSSR count). The van der Waals surface area contributed by atoms with Gasteiger partial charge in [0, 0.05) is 12.5 Å². The van der Waals surface area contributed by atoms with E-state index in [1.807, 2.05) is 24.4 Å². The van der Waals surface area contributed by atoms with Crippen molar-refractivity contribution in [1.29, 1.82) is 0 Å². The van der Waals surface area contributed by atoms with Gasteiger partial charge < -0.3 is 9.88 Å². The number of likely N-dealkylation sites (tertiary alicyclic amines) is 1. The van der Waals surface area contributed by atoms with Crippen molar-refractivity contribution in [3.63, 3.8) is 0 Å². The normalized spacial score (nSPS) is 22.4. The second-order valence-corrected chi connectivity index (χ2v) is 7.22. The monoisotopic (exact) mass is 323 g/mol. The molecule has 1 aromatic heterocycles. The maximum Gasteiger partial charge on any atom is 0.226 e. The van der Waals surface area contributed by atoms with Crippen LogP contribution < -0.4 is 0 Å². The van der Waals surface area contributed by atoms with E-state index in [1.54, 1.807) is 0 Å². The van der Waals surface area contributed by atoms with Crippen LogP contribution in [-0.2, 0) is 4.79 Å². The number of piperidine rings is 1. The van der Waals surface area contributed by atoms with Gasteiger partial charge in [-0.3, -0.25) is 4.79 Å². The number of H-pyrrole nitrogens is 1. The van der Waals surface area contributed by atoms with Crippen molar-refractivity contribution in [2.24, 2.45) is 11.8 Å². The largest absolute Gasteiger partial charge is 0.340 e. The highest BCUT2D eigenvalue weighted by Gasteiger charge is 2.38. The Labute approximate surface area is 143 Å². The number of carbonyl (C=O) groups is 1. The van der Waals surface area contributed by atoms with E-state index >= 15 is 0 Å². The maximum absolute atomic E-state index is 12.9. The third-order valence-electron chi connectivity index (χ3n) is 5.50. The number of hydrogen-bond donors (Lipinski definition) is 1. The Morgan fingerprint density at radius 2 is 2.00 bits per heavy atom. The summed E-state index contributed by atoms with van der Waals surface area (Å²) in [5, 5.41) is 0. The first-order valence-electron chi connectivity index (χ1n) is 9.15. The molecule has 1 saturated heterocycles. The molecule has 1 aromatic carbocycles. The quantitative estimate of drug-likeness (QED) is 0.917. The minimum atomic E-state index is 0.102. The van der Waals surface area contributed by atoms with Gasteiger partial charge in [-0.2, -0.15) is 0 Å². The van der Waals surface area contributed by atoms with Crippen LogP contribution in [0.1, 0.15) is 50.9 Å². The number of aromatic amines is 1. The predicted octanol–water partition coefficient (Wildman–Crippen LogP) is 4.18. The van der Waals surface area contributed by atoms with Crippen molar-refractivity contribution in [2.45, 2.75) is 45.1 Å². The number of benzene rings is 1. The summed E-state index contributed by atoms with van der Waals surface area (Å²) in [6, 6.07) is 10.3. The lowest BCUT2D eigenvalue weighted by Crippen LogP contribution is -2.42. The molecule has 1 amide bonds. The maximum atomic E-state index is 12.9. The van der Waals surface area contributed by atoms with Crippen LogP contribution >= 0.6 is 0 Å². The van der Waals surface area contributed by atoms with E-state index in [0.717, 1.165) is 42.9 Å². The van der Waals surface area contributed by atoms with Gasteiger partial charge in [-0.1, -0.05) is 37.3 Å². The molecule has 0 radical (unpaired) electrons. The summed E-state index contributed by atoms with van der Waals surface area (Å²) in [6.07, 6.45) is 7.59. The zero-order valence-corrected chi connectivity index (χ0v) is 14.2. The standard InChI is InChI=1S/C20H25N3O/c1-14(15-10-11-15)20(24)23-12-6-5-9-18(23)19-21-13-17(22-19)16-7-3-2-4-8-16/h2-4,7-8,13-15,18H,5-6,9-12H2,1H3,(H,21,22). The zero-order chi connectivity index (χ0) is 16.5. The summed E-state index contributed by atoms with van der Waals surface area (Å²) < 4.78 is 0. The molecule has 2 fully saturated rings. The van der Waals surface area contributed by atoms with Gasteiger partial charge in [0.15, 0.2) is 0 Å². The second kappa shape index (κ2) is 6.42. The van der Waals surface area contributed by atoms with Crippen molar-refractivity contribution in [1.82, 2.24) is 14.9 Å². The lowest BCUT2D eigenvalue weighted by Gasteiger charge is -2.36. The average molecular weight is 323 g/mol. The number of aromatic nitrogens is 2. The van der Waals surface area contributed by atoms with Gasteiger partial charge in [0.05, 0.1) is 17.9 Å². The van der Waals surface area contributed by atoms with Crippen LogP contribution in [0.2, 0.25) is 0 Å². The number of imidazole rings is 1. The third-order valence-corrected chi connectivity index (χ3v) is 5.50. The van der Waals surface area contributed by atoms with Crippen molar-refractivity contribution in [3.8, 4) is 11.3 Å². The van der Waals surface area contributed by atoms with E-state index < -0.39 is 0 Å². The Hall–Kier alpha value is -2.10.